The van der Waals surface area contributed by atoms with Crippen LogP contribution in [0.5, 0.6) is 0 Å². The maximum Gasteiger partial charge on any atom is 0.253 e. The number of aromatic nitrogens is 1. The van der Waals surface area contributed by atoms with E-state index in [2.05, 4.69) is 29.5 Å². The summed E-state index contributed by atoms with van der Waals surface area (Å²) in [5, 5.41) is 6.16. The number of anilines is 1. The third-order valence-electron chi connectivity index (χ3n) is 4.27. The van der Waals surface area contributed by atoms with Gasteiger partial charge in [-0.15, -0.1) is 0 Å². The first-order valence-corrected chi connectivity index (χ1v) is 7.56. The zero-order chi connectivity index (χ0) is 14.5. The molecule has 1 aromatic rings. The second-order valence-electron chi connectivity index (χ2n) is 5.95. The van der Waals surface area contributed by atoms with E-state index in [0.29, 0.717) is 23.4 Å². The molecule has 0 bridgehead atoms. The topological polar surface area (TPSA) is 54.0 Å². The van der Waals surface area contributed by atoms with Crippen LogP contribution in [0.25, 0.3) is 0 Å². The monoisotopic (exact) mass is 275 g/mol. The van der Waals surface area contributed by atoms with E-state index in [0.717, 1.165) is 12.2 Å². The molecule has 0 aliphatic heterocycles. The Balaban J connectivity index is 2.01. The Morgan fingerprint density at radius 3 is 2.65 bits per heavy atom. The highest BCUT2D eigenvalue weighted by molar-refractivity contribution is 5.94. The highest BCUT2D eigenvalue weighted by Crippen LogP contribution is 2.30. The molecule has 20 heavy (non-hydrogen) atoms. The van der Waals surface area contributed by atoms with Gasteiger partial charge in [0.2, 0.25) is 0 Å². The minimum absolute atomic E-state index is 0.00213. The van der Waals surface area contributed by atoms with Crippen molar-refractivity contribution in [2.75, 3.05) is 12.4 Å². The van der Waals surface area contributed by atoms with Gasteiger partial charge in [0.15, 0.2) is 0 Å². The first kappa shape index (κ1) is 14.8. The summed E-state index contributed by atoms with van der Waals surface area (Å²) >= 11 is 0. The van der Waals surface area contributed by atoms with E-state index in [9.17, 15) is 4.79 Å². The summed E-state index contributed by atoms with van der Waals surface area (Å²) in [6.07, 6.45) is 6.45. The van der Waals surface area contributed by atoms with Crippen molar-refractivity contribution in [1.82, 2.24) is 10.3 Å². The van der Waals surface area contributed by atoms with E-state index in [4.69, 9.17) is 0 Å². The van der Waals surface area contributed by atoms with Crippen LogP contribution in [0.3, 0.4) is 0 Å². The van der Waals surface area contributed by atoms with Gasteiger partial charge >= 0.3 is 0 Å². The molecule has 2 rings (SSSR count). The van der Waals surface area contributed by atoms with Gasteiger partial charge in [0.1, 0.15) is 5.82 Å². The fraction of sp³-hybridized carbons (Fsp3) is 0.625. The van der Waals surface area contributed by atoms with Crippen LogP contribution in [-0.4, -0.2) is 24.0 Å². The number of carbonyl (C=O) groups excluding carboxylic acids is 1. The summed E-state index contributed by atoms with van der Waals surface area (Å²) < 4.78 is 0. The lowest BCUT2D eigenvalue weighted by molar-refractivity contribution is 0.0889. The van der Waals surface area contributed by atoms with Crippen molar-refractivity contribution in [3.63, 3.8) is 0 Å². The standard InChI is InChI=1S/C16H25N3O/c1-11(2)13-6-4-5-7-14(13)19-16(20)12-8-9-15(17-3)18-10-12/h8-11,13-14H,4-7H2,1-3H3,(H,17,18)(H,19,20). The van der Waals surface area contributed by atoms with Crippen LogP contribution in [0.4, 0.5) is 5.82 Å². The number of carbonyl (C=O) groups is 1. The van der Waals surface area contributed by atoms with Crippen molar-refractivity contribution in [3.8, 4) is 0 Å². The Morgan fingerprint density at radius 2 is 2.05 bits per heavy atom. The molecule has 1 heterocycles. The van der Waals surface area contributed by atoms with E-state index < -0.39 is 0 Å². The lowest BCUT2D eigenvalue weighted by atomic mass is 9.78. The molecular weight excluding hydrogens is 250 g/mol. The van der Waals surface area contributed by atoms with Gasteiger partial charge in [-0.2, -0.15) is 0 Å². The smallest absolute Gasteiger partial charge is 0.253 e. The third kappa shape index (κ3) is 3.50. The number of nitrogens with one attached hydrogen (secondary N) is 2. The SMILES string of the molecule is CNc1ccc(C(=O)NC2CCCCC2C(C)C)cn1. The van der Waals surface area contributed by atoms with Gasteiger partial charge in [0.05, 0.1) is 5.56 Å². The highest BCUT2D eigenvalue weighted by atomic mass is 16.1. The van der Waals surface area contributed by atoms with Crippen molar-refractivity contribution in [2.24, 2.45) is 11.8 Å². The van der Waals surface area contributed by atoms with E-state index in [1.807, 2.05) is 19.2 Å². The first-order valence-electron chi connectivity index (χ1n) is 7.56. The number of hydrogen-bond donors (Lipinski definition) is 2. The molecule has 1 amide bonds. The van der Waals surface area contributed by atoms with Gasteiger partial charge in [-0.1, -0.05) is 26.7 Å². The molecule has 110 valence electrons. The quantitative estimate of drug-likeness (QED) is 0.888. The maximum absolute atomic E-state index is 12.3. The molecule has 4 heteroatoms. The molecular formula is C16H25N3O. The summed E-state index contributed by atoms with van der Waals surface area (Å²) in [6.45, 7) is 4.50. The zero-order valence-electron chi connectivity index (χ0n) is 12.6. The van der Waals surface area contributed by atoms with Crippen LogP contribution in [0.15, 0.2) is 18.3 Å². The molecule has 1 aliphatic rings. The molecule has 0 radical (unpaired) electrons. The summed E-state index contributed by atoms with van der Waals surface area (Å²) in [6, 6.07) is 3.96. The van der Waals surface area contributed by atoms with E-state index in [-0.39, 0.29) is 5.91 Å². The highest BCUT2D eigenvalue weighted by Gasteiger charge is 2.28. The summed E-state index contributed by atoms with van der Waals surface area (Å²) in [4.78, 5) is 16.5. The van der Waals surface area contributed by atoms with Gasteiger partial charge in [0.25, 0.3) is 5.91 Å². The first-order chi connectivity index (χ1) is 9.61. The van der Waals surface area contributed by atoms with Crippen molar-refractivity contribution in [3.05, 3.63) is 23.9 Å². The Morgan fingerprint density at radius 1 is 1.30 bits per heavy atom. The molecule has 0 spiro atoms. The maximum atomic E-state index is 12.3. The van der Waals surface area contributed by atoms with Gasteiger partial charge in [0, 0.05) is 19.3 Å². The number of amides is 1. The largest absolute Gasteiger partial charge is 0.373 e. The van der Waals surface area contributed by atoms with Gasteiger partial charge in [-0.05, 0) is 36.8 Å². The van der Waals surface area contributed by atoms with Crippen molar-refractivity contribution in [1.29, 1.82) is 0 Å². The second-order valence-corrected chi connectivity index (χ2v) is 5.95. The molecule has 4 nitrogen and oxygen atoms in total. The minimum atomic E-state index is -0.00213. The molecule has 1 aromatic heterocycles. The molecule has 0 saturated heterocycles. The minimum Gasteiger partial charge on any atom is -0.373 e. The van der Waals surface area contributed by atoms with Gasteiger partial charge in [-0.3, -0.25) is 4.79 Å². The Hall–Kier alpha value is -1.58. The van der Waals surface area contributed by atoms with Crippen LogP contribution >= 0.6 is 0 Å². The lowest BCUT2D eigenvalue weighted by Gasteiger charge is -2.34. The van der Waals surface area contributed by atoms with Crippen LogP contribution in [0.1, 0.15) is 49.9 Å². The number of nitrogens with zero attached hydrogens (tertiary/aromatic N) is 1. The van der Waals surface area contributed by atoms with Crippen LogP contribution in [0, 0.1) is 11.8 Å². The number of hydrogen-bond acceptors (Lipinski definition) is 3. The van der Waals surface area contributed by atoms with Gasteiger partial charge < -0.3 is 10.6 Å². The van der Waals surface area contributed by atoms with Crippen molar-refractivity contribution < 1.29 is 4.79 Å². The summed E-state index contributed by atoms with van der Waals surface area (Å²) in [7, 11) is 1.82. The molecule has 1 saturated carbocycles. The van der Waals surface area contributed by atoms with Crippen LogP contribution < -0.4 is 10.6 Å². The van der Waals surface area contributed by atoms with Crippen molar-refractivity contribution in [2.45, 2.75) is 45.6 Å². The van der Waals surface area contributed by atoms with Crippen molar-refractivity contribution >= 4 is 11.7 Å². The number of pyridine rings is 1. The predicted octanol–water partition coefficient (Wildman–Crippen LogP) is 3.07. The van der Waals surface area contributed by atoms with E-state index in [1.165, 1.54) is 19.3 Å². The molecule has 1 fully saturated rings. The number of rotatable bonds is 4. The van der Waals surface area contributed by atoms with Crippen LogP contribution in [0.2, 0.25) is 0 Å². The normalized spacial score (nSPS) is 22.6. The zero-order valence-corrected chi connectivity index (χ0v) is 12.6. The molecule has 1 aliphatic carbocycles. The molecule has 2 atom stereocenters. The van der Waals surface area contributed by atoms with E-state index >= 15 is 0 Å². The average molecular weight is 275 g/mol. The Bertz CT molecular complexity index is 442. The van der Waals surface area contributed by atoms with Gasteiger partial charge in [-0.25, -0.2) is 4.98 Å². The van der Waals surface area contributed by atoms with Crippen LogP contribution in [-0.2, 0) is 0 Å². The second kappa shape index (κ2) is 6.73. The summed E-state index contributed by atoms with van der Waals surface area (Å²) in [5.74, 6) is 1.99. The average Bonchev–Trinajstić information content (AvgIpc) is 2.47. The molecule has 0 aromatic carbocycles. The van der Waals surface area contributed by atoms with E-state index in [1.54, 1.807) is 6.20 Å². The fourth-order valence-electron chi connectivity index (χ4n) is 3.06. The third-order valence-corrected chi connectivity index (χ3v) is 4.27. The lowest BCUT2D eigenvalue weighted by Crippen LogP contribution is -2.43. The Kier molecular flexibility index (Phi) is 4.99. The Labute approximate surface area is 121 Å². The molecule has 2 unspecified atom stereocenters. The fourth-order valence-corrected chi connectivity index (χ4v) is 3.06. The summed E-state index contributed by atoms with van der Waals surface area (Å²) in [5.41, 5.74) is 0.636. The molecule has 2 N–H and O–H groups in total. The predicted molar refractivity (Wildman–Crippen MR) is 81.8 cm³/mol.